The molecule has 0 radical (unpaired) electrons. The Morgan fingerprint density at radius 3 is 2.65 bits per heavy atom. The van der Waals surface area contributed by atoms with Crippen LogP contribution in [0.2, 0.25) is 0 Å². The fourth-order valence-corrected chi connectivity index (χ4v) is 3.56. The van der Waals surface area contributed by atoms with Gasteiger partial charge >= 0.3 is 6.18 Å². The summed E-state index contributed by atoms with van der Waals surface area (Å²) in [5.41, 5.74) is -0.637. The minimum Gasteiger partial charge on any atom is -0.366 e. The SMILES string of the molecule is CC1CC(Nc2cc(C(F)(F)F)nc(-c3ccccn3)n2)CN1C1CC1. The van der Waals surface area contributed by atoms with Gasteiger partial charge in [0.25, 0.3) is 0 Å². The van der Waals surface area contributed by atoms with Crippen LogP contribution in [0, 0.1) is 0 Å². The first-order valence-corrected chi connectivity index (χ1v) is 8.80. The molecule has 26 heavy (non-hydrogen) atoms. The van der Waals surface area contributed by atoms with E-state index in [0.29, 0.717) is 17.8 Å². The van der Waals surface area contributed by atoms with E-state index in [1.807, 2.05) is 0 Å². The first kappa shape index (κ1) is 17.2. The fraction of sp³-hybridized carbons (Fsp3) is 0.500. The second-order valence-corrected chi connectivity index (χ2v) is 7.03. The van der Waals surface area contributed by atoms with E-state index in [1.165, 1.54) is 19.0 Å². The van der Waals surface area contributed by atoms with Gasteiger partial charge in [-0.2, -0.15) is 13.2 Å². The van der Waals surface area contributed by atoms with Crippen LogP contribution in [0.3, 0.4) is 0 Å². The van der Waals surface area contributed by atoms with Crippen LogP contribution >= 0.6 is 0 Å². The molecule has 1 saturated carbocycles. The van der Waals surface area contributed by atoms with Crippen molar-refractivity contribution in [2.24, 2.45) is 0 Å². The number of rotatable bonds is 4. The van der Waals surface area contributed by atoms with Crippen LogP contribution in [0.25, 0.3) is 11.5 Å². The molecule has 2 atom stereocenters. The maximum Gasteiger partial charge on any atom is 0.433 e. The third kappa shape index (κ3) is 3.65. The van der Waals surface area contributed by atoms with E-state index in [1.54, 1.807) is 18.2 Å². The van der Waals surface area contributed by atoms with Gasteiger partial charge in [0, 0.05) is 36.9 Å². The summed E-state index contributed by atoms with van der Waals surface area (Å²) in [7, 11) is 0. The lowest BCUT2D eigenvalue weighted by atomic mass is 10.2. The number of pyridine rings is 1. The van der Waals surface area contributed by atoms with E-state index in [0.717, 1.165) is 19.0 Å². The molecule has 1 saturated heterocycles. The van der Waals surface area contributed by atoms with E-state index >= 15 is 0 Å². The average molecular weight is 363 g/mol. The lowest BCUT2D eigenvalue weighted by Crippen LogP contribution is -2.31. The van der Waals surface area contributed by atoms with Crippen LogP contribution in [0.4, 0.5) is 19.0 Å². The van der Waals surface area contributed by atoms with Crippen LogP contribution in [-0.2, 0) is 6.18 Å². The van der Waals surface area contributed by atoms with Gasteiger partial charge in [0.1, 0.15) is 11.5 Å². The Kier molecular flexibility index (Phi) is 4.30. The molecule has 3 heterocycles. The number of halogens is 3. The highest BCUT2D eigenvalue weighted by atomic mass is 19.4. The van der Waals surface area contributed by atoms with Crippen LogP contribution in [0.1, 0.15) is 31.9 Å². The molecule has 8 heteroatoms. The van der Waals surface area contributed by atoms with Crippen molar-refractivity contribution >= 4 is 5.82 Å². The van der Waals surface area contributed by atoms with E-state index in [9.17, 15) is 13.2 Å². The van der Waals surface area contributed by atoms with Gasteiger partial charge in [0.15, 0.2) is 11.5 Å². The summed E-state index contributed by atoms with van der Waals surface area (Å²) in [5.74, 6) is 0.177. The molecule has 0 aromatic carbocycles. The quantitative estimate of drug-likeness (QED) is 0.900. The lowest BCUT2D eigenvalue weighted by Gasteiger charge is -2.20. The molecule has 2 aliphatic rings. The molecule has 2 aromatic heterocycles. The standard InChI is InChI=1S/C18H20F3N5/c1-11-8-12(10-26(11)13-5-6-13)23-16-9-15(18(19,20)21)24-17(25-16)14-4-2-3-7-22-14/h2-4,7,9,11-13H,5-6,8,10H2,1H3,(H,23,24,25). The predicted molar refractivity (Wildman–Crippen MR) is 91.5 cm³/mol. The molecule has 1 aliphatic carbocycles. The van der Waals surface area contributed by atoms with Gasteiger partial charge in [-0.3, -0.25) is 9.88 Å². The summed E-state index contributed by atoms with van der Waals surface area (Å²) >= 11 is 0. The summed E-state index contributed by atoms with van der Waals surface area (Å²) < 4.78 is 39.8. The molecule has 0 amide bonds. The molecule has 0 spiro atoms. The number of likely N-dealkylation sites (tertiary alicyclic amines) is 1. The van der Waals surface area contributed by atoms with Crippen molar-refractivity contribution in [2.45, 2.75) is 50.5 Å². The third-order valence-electron chi connectivity index (χ3n) is 4.90. The van der Waals surface area contributed by atoms with Crippen molar-refractivity contribution in [1.29, 1.82) is 0 Å². The average Bonchev–Trinajstić information content (AvgIpc) is 3.38. The molecule has 5 nitrogen and oxygen atoms in total. The molecule has 0 bridgehead atoms. The first-order chi connectivity index (χ1) is 12.4. The summed E-state index contributed by atoms with van der Waals surface area (Å²) in [6, 6.07) is 7.13. The van der Waals surface area contributed by atoms with Gasteiger partial charge in [0.2, 0.25) is 0 Å². The van der Waals surface area contributed by atoms with Gasteiger partial charge in [0.05, 0.1) is 0 Å². The first-order valence-electron chi connectivity index (χ1n) is 8.80. The Balaban J connectivity index is 1.61. The summed E-state index contributed by atoms with van der Waals surface area (Å²) in [6.45, 7) is 3.00. The second kappa shape index (κ2) is 6.50. The number of nitrogens with one attached hydrogen (secondary N) is 1. The highest BCUT2D eigenvalue weighted by Gasteiger charge is 2.39. The molecule has 1 N–H and O–H groups in total. The van der Waals surface area contributed by atoms with Crippen LogP contribution < -0.4 is 5.32 Å². The molecule has 2 aromatic rings. The number of hydrogen-bond donors (Lipinski definition) is 1. The lowest BCUT2D eigenvalue weighted by molar-refractivity contribution is -0.141. The zero-order valence-corrected chi connectivity index (χ0v) is 14.4. The maximum atomic E-state index is 13.3. The van der Waals surface area contributed by atoms with Crippen LogP contribution in [-0.4, -0.2) is 44.5 Å². The van der Waals surface area contributed by atoms with E-state index in [2.05, 4.69) is 32.1 Å². The van der Waals surface area contributed by atoms with E-state index in [-0.39, 0.29) is 17.7 Å². The molecule has 2 fully saturated rings. The molecular weight excluding hydrogens is 343 g/mol. The largest absolute Gasteiger partial charge is 0.433 e. The second-order valence-electron chi connectivity index (χ2n) is 7.03. The highest BCUT2D eigenvalue weighted by Crippen LogP contribution is 2.35. The minimum atomic E-state index is -4.54. The molecular formula is C18H20F3N5. The fourth-order valence-electron chi connectivity index (χ4n) is 3.56. The molecule has 2 unspecified atom stereocenters. The number of aromatic nitrogens is 3. The monoisotopic (exact) mass is 363 g/mol. The molecule has 138 valence electrons. The van der Waals surface area contributed by atoms with Gasteiger partial charge in [-0.25, -0.2) is 9.97 Å². The topological polar surface area (TPSA) is 53.9 Å². The van der Waals surface area contributed by atoms with Gasteiger partial charge in [-0.05, 0) is 38.3 Å². The zero-order chi connectivity index (χ0) is 18.3. The molecule has 4 rings (SSSR count). The number of hydrogen-bond acceptors (Lipinski definition) is 5. The van der Waals surface area contributed by atoms with Gasteiger partial charge < -0.3 is 5.32 Å². The maximum absolute atomic E-state index is 13.3. The Labute approximate surface area is 149 Å². The highest BCUT2D eigenvalue weighted by molar-refractivity contribution is 5.53. The van der Waals surface area contributed by atoms with Crippen LogP contribution in [0.5, 0.6) is 0 Å². The Morgan fingerprint density at radius 1 is 1.19 bits per heavy atom. The van der Waals surface area contributed by atoms with Crippen molar-refractivity contribution in [3.8, 4) is 11.5 Å². The van der Waals surface area contributed by atoms with Gasteiger partial charge in [-0.1, -0.05) is 6.07 Å². The van der Waals surface area contributed by atoms with Crippen molar-refractivity contribution in [3.63, 3.8) is 0 Å². The Bertz CT molecular complexity index is 776. The van der Waals surface area contributed by atoms with E-state index in [4.69, 9.17) is 0 Å². The summed E-state index contributed by atoms with van der Waals surface area (Å²) in [4.78, 5) is 14.5. The zero-order valence-electron chi connectivity index (χ0n) is 14.4. The summed E-state index contributed by atoms with van der Waals surface area (Å²) in [5, 5.41) is 3.19. The summed E-state index contributed by atoms with van der Waals surface area (Å²) in [6.07, 6.45) is 0.296. The van der Waals surface area contributed by atoms with Crippen LogP contribution in [0.15, 0.2) is 30.5 Å². The smallest absolute Gasteiger partial charge is 0.366 e. The van der Waals surface area contributed by atoms with Crippen molar-refractivity contribution in [1.82, 2.24) is 19.9 Å². The van der Waals surface area contributed by atoms with Gasteiger partial charge in [-0.15, -0.1) is 0 Å². The Hall–Kier alpha value is -2.22. The molecule has 1 aliphatic heterocycles. The number of alkyl halides is 3. The normalized spacial score (nSPS) is 24.0. The number of anilines is 1. The van der Waals surface area contributed by atoms with Crippen molar-refractivity contribution < 1.29 is 13.2 Å². The minimum absolute atomic E-state index is 0.0204. The predicted octanol–water partition coefficient (Wildman–Crippen LogP) is 3.59. The van der Waals surface area contributed by atoms with Crippen molar-refractivity contribution in [2.75, 3.05) is 11.9 Å². The Morgan fingerprint density at radius 2 is 2.00 bits per heavy atom. The van der Waals surface area contributed by atoms with E-state index < -0.39 is 11.9 Å². The number of nitrogens with zero attached hydrogens (tertiary/aromatic N) is 4. The third-order valence-corrected chi connectivity index (χ3v) is 4.90. The van der Waals surface area contributed by atoms with Crippen molar-refractivity contribution in [3.05, 3.63) is 36.2 Å².